The van der Waals surface area contributed by atoms with Gasteiger partial charge in [-0.25, -0.2) is 4.98 Å². The SMILES string of the molecule is [C]1C=Cc2cccnc2N1. The van der Waals surface area contributed by atoms with Crippen LogP contribution in [0.4, 0.5) is 5.82 Å². The minimum Gasteiger partial charge on any atom is -0.355 e. The number of pyridine rings is 1. The number of aromatic nitrogens is 1. The fraction of sp³-hybridized carbons (Fsp3) is 0. The van der Waals surface area contributed by atoms with Crippen LogP contribution >= 0.6 is 0 Å². The van der Waals surface area contributed by atoms with Crippen molar-refractivity contribution >= 4 is 11.9 Å². The van der Waals surface area contributed by atoms with Crippen molar-refractivity contribution in [2.24, 2.45) is 0 Å². The van der Waals surface area contributed by atoms with Gasteiger partial charge in [0.05, 0.1) is 0 Å². The van der Waals surface area contributed by atoms with E-state index in [1.54, 1.807) is 6.20 Å². The molecule has 2 rings (SSSR count). The van der Waals surface area contributed by atoms with Crippen LogP contribution in [0.15, 0.2) is 24.4 Å². The summed E-state index contributed by atoms with van der Waals surface area (Å²) in [5, 5.41) is 2.91. The number of nitrogens with zero attached hydrogens (tertiary/aromatic N) is 1. The molecule has 10 heavy (non-hydrogen) atoms. The molecule has 1 N–H and O–H groups in total. The highest BCUT2D eigenvalue weighted by Crippen LogP contribution is 2.17. The Bertz CT molecular complexity index is 266. The largest absolute Gasteiger partial charge is 0.355 e. The average Bonchev–Trinajstić information content (AvgIpc) is 2.05. The zero-order valence-corrected chi connectivity index (χ0v) is 5.33. The van der Waals surface area contributed by atoms with Crippen molar-refractivity contribution in [2.75, 3.05) is 5.32 Å². The molecule has 48 valence electrons. The Kier molecular flexibility index (Phi) is 1.17. The van der Waals surface area contributed by atoms with Crippen molar-refractivity contribution < 1.29 is 0 Å². The van der Waals surface area contributed by atoms with Gasteiger partial charge < -0.3 is 5.32 Å². The predicted molar refractivity (Wildman–Crippen MR) is 40.1 cm³/mol. The second kappa shape index (κ2) is 2.14. The highest BCUT2D eigenvalue weighted by molar-refractivity contribution is 5.67. The Morgan fingerprint density at radius 1 is 1.50 bits per heavy atom. The van der Waals surface area contributed by atoms with Crippen molar-refractivity contribution in [2.45, 2.75) is 0 Å². The van der Waals surface area contributed by atoms with E-state index in [1.165, 1.54) is 0 Å². The van der Waals surface area contributed by atoms with E-state index in [2.05, 4.69) is 16.8 Å². The highest BCUT2D eigenvalue weighted by Gasteiger charge is 2.01. The van der Waals surface area contributed by atoms with Gasteiger partial charge in [-0.05, 0) is 12.1 Å². The van der Waals surface area contributed by atoms with E-state index >= 15 is 0 Å². The average molecular weight is 130 g/mol. The van der Waals surface area contributed by atoms with Crippen molar-refractivity contribution in [3.63, 3.8) is 0 Å². The molecule has 0 aliphatic carbocycles. The molecular weight excluding hydrogens is 124 g/mol. The summed E-state index contributed by atoms with van der Waals surface area (Å²) in [6, 6.07) is 3.92. The summed E-state index contributed by atoms with van der Waals surface area (Å²) in [7, 11) is 0. The van der Waals surface area contributed by atoms with Crippen molar-refractivity contribution in [1.82, 2.24) is 4.98 Å². The molecule has 0 aromatic carbocycles. The first-order valence-electron chi connectivity index (χ1n) is 3.10. The zero-order valence-electron chi connectivity index (χ0n) is 5.33. The lowest BCUT2D eigenvalue weighted by Gasteiger charge is -2.08. The van der Waals surface area contributed by atoms with E-state index in [0.29, 0.717) is 0 Å². The molecule has 0 saturated heterocycles. The molecular formula is C8H6N2. The second-order valence-electron chi connectivity index (χ2n) is 2.04. The summed E-state index contributed by atoms with van der Waals surface area (Å²) >= 11 is 0. The van der Waals surface area contributed by atoms with E-state index in [0.717, 1.165) is 11.4 Å². The summed E-state index contributed by atoms with van der Waals surface area (Å²) in [4.78, 5) is 4.09. The lowest BCUT2D eigenvalue weighted by atomic mass is 10.2. The lowest BCUT2D eigenvalue weighted by Crippen LogP contribution is -2.00. The maximum absolute atomic E-state index is 4.09. The van der Waals surface area contributed by atoms with Crippen LogP contribution in [0.5, 0.6) is 0 Å². The van der Waals surface area contributed by atoms with Gasteiger partial charge in [-0.15, -0.1) is 0 Å². The van der Waals surface area contributed by atoms with Gasteiger partial charge in [-0.3, -0.25) is 0 Å². The Morgan fingerprint density at radius 2 is 2.50 bits per heavy atom. The first-order valence-corrected chi connectivity index (χ1v) is 3.10. The fourth-order valence-corrected chi connectivity index (χ4v) is 0.898. The normalized spacial score (nSPS) is 14.0. The van der Waals surface area contributed by atoms with Gasteiger partial charge in [0, 0.05) is 11.8 Å². The molecule has 1 aliphatic heterocycles. The van der Waals surface area contributed by atoms with E-state index < -0.39 is 0 Å². The third-order valence-electron chi connectivity index (χ3n) is 1.38. The molecule has 2 heterocycles. The van der Waals surface area contributed by atoms with Crippen molar-refractivity contribution in [3.8, 4) is 0 Å². The Balaban J connectivity index is 2.54. The van der Waals surface area contributed by atoms with Crippen LogP contribution in [-0.4, -0.2) is 4.98 Å². The zero-order chi connectivity index (χ0) is 6.81. The molecule has 2 nitrogen and oxygen atoms in total. The fourth-order valence-electron chi connectivity index (χ4n) is 0.898. The maximum atomic E-state index is 4.09. The van der Waals surface area contributed by atoms with Crippen LogP contribution in [0.25, 0.3) is 6.08 Å². The quantitative estimate of drug-likeness (QED) is 0.576. The van der Waals surface area contributed by atoms with Crippen molar-refractivity contribution in [3.05, 3.63) is 36.5 Å². The van der Waals surface area contributed by atoms with Crippen LogP contribution in [0.3, 0.4) is 0 Å². The minimum atomic E-state index is 0.880. The number of anilines is 1. The third-order valence-corrected chi connectivity index (χ3v) is 1.38. The first kappa shape index (κ1) is 5.47. The second-order valence-corrected chi connectivity index (χ2v) is 2.04. The molecule has 0 saturated carbocycles. The van der Waals surface area contributed by atoms with Gasteiger partial charge in [0.2, 0.25) is 0 Å². The predicted octanol–water partition coefficient (Wildman–Crippen LogP) is 1.56. The molecule has 0 spiro atoms. The Labute approximate surface area is 59.6 Å². The molecule has 2 heteroatoms. The maximum Gasteiger partial charge on any atom is 0.134 e. The van der Waals surface area contributed by atoms with E-state index in [4.69, 9.17) is 0 Å². The lowest BCUT2D eigenvalue weighted by molar-refractivity contribution is 1.26. The van der Waals surface area contributed by atoms with E-state index in [-0.39, 0.29) is 0 Å². The summed E-state index contributed by atoms with van der Waals surface area (Å²) in [6.07, 6.45) is 5.56. The standard InChI is InChI=1S/C8H6N2/c1-3-7-4-2-6-10-8(7)9-5-1/h1-5H,(H,9,10). The highest BCUT2D eigenvalue weighted by atomic mass is 15.0. The van der Waals surface area contributed by atoms with Crippen LogP contribution < -0.4 is 5.32 Å². The van der Waals surface area contributed by atoms with Gasteiger partial charge in [-0.2, -0.15) is 0 Å². The molecule has 1 aliphatic rings. The monoisotopic (exact) mass is 130 g/mol. The van der Waals surface area contributed by atoms with Crippen LogP contribution in [0.2, 0.25) is 0 Å². The van der Waals surface area contributed by atoms with E-state index in [1.807, 2.05) is 24.3 Å². The molecule has 0 unspecified atom stereocenters. The number of nitrogens with one attached hydrogen (secondary N) is 1. The summed E-state index contributed by atoms with van der Waals surface area (Å²) in [6.45, 7) is 2.85. The van der Waals surface area contributed by atoms with Gasteiger partial charge >= 0.3 is 0 Å². The molecule has 0 fully saturated rings. The first-order chi connectivity index (χ1) is 4.97. The number of hydrogen-bond donors (Lipinski definition) is 1. The minimum absolute atomic E-state index is 0.880. The van der Waals surface area contributed by atoms with Gasteiger partial charge in [-0.1, -0.05) is 12.2 Å². The number of fused-ring (bicyclic) bond motifs is 1. The van der Waals surface area contributed by atoms with Crippen LogP contribution in [-0.2, 0) is 0 Å². The molecule has 1 aromatic heterocycles. The van der Waals surface area contributed by atoms with E-state index in [9.17, 15) is 0 Å². The topological polar surface area (TPSA) is 24.9 Å². The van der Waals surface area contributed by atoms with Crippen LogP contribution in [0.1, 0.15) is 5.56 Å². The summed E-state index contributed by atoms with van der Waals surface area (Å²) in [5.41, 5.74) is 1.11. The van der Waals surface area contributed by atoms with Crippen molar-refractivity contribution in [1.29, 1.82) is 0 Å². The molecule has 0 amide bonds. The Hall–Kier alpha value is -1.31. The number of rotatable bonds is 0. The van der Waals surface area contributed by atoms with Gasteiger partial charge in [0.25, 0.3) is 0 Å². The molecule has 2 radical (unpaired) electrons. The third kappa shape index (κ3) is 0.778. The van der Waals surface area contributed by atoms with Crippen LogP contribution in [0, 0.1) is 6.54 Å². The summed E-state index contributed by atoms with van der Waals surface area (Å²) in [5.74, 6) is 0.880. The summed E-state index contributed by atoms with van der Waals surface area (Å²) < 4.78 is 0. The molecule has 1 aromatic rings. The Morgan fingerprint density at radius 3 is 3.40 bits per heavy atom. The van der Waals surface area contributed by atoms with Gasteiger partial charge in [0.15, 0.2) is 0 Å². The smallest absolute Gasteiger partial charge is 0.134 e. The molecule has 0 atom stereocenters. The van der Waals surface area contributed by atoms with Gasteiger partial charge in [0.1, 0.15) is 12.4 Å². The number of hydrogen-bond acceptors (Lipinski definition) is 2. The molecule has 0 bridgehead atoms.